The number of aliphatic hydroxyl groups excluding tert-OH is 1. The van der Waals surface area contributed by atoms with Gasteiger partial charge in [0.05, 0.1) is 19.3 Å². The lowest BCUT2D eigenvalue weighted by molar-refractivity contribution is -0.140. The molecular weight excluding hydrogens is 222 g/mol. The number of nitrogens with zero attached hydrogens (tertiary/aromatic N) is 2. The minimum absolute atomic E-state index is 0.0500. The number of aromatic nitrogens is 2. The Balaban J connectivity index is 1.85. The van der Waals surface area contributed by atoms with Gasteiger partial charge in [0.1, 0.15) is 6.04 Å². The molecule has 1 aromatic rings. The first-order valence-electron chi connectivity index (χ1n) is 5.79. The molecule has 6 nitrogen and oxygen atoms in total. The molecular formula is C11H17N3O3. The second-order valence-corrected chi connectivity index (χ2v) is 4.37. The van der Waals surface area contributed by atoms with Crippen LogP contribution in [0, 0.1) is 5.92 Å². The maximum Gasteiger partial charge on any atom is 0.320 e. The van der Waals surface area contributed by atoms with Crippen LogP contribution < -0.4 is 5.32 Å². The number of nitrogens with one attached hydrogen (secondary N) is 1. The Labute approximate surface area is 99.3 Å². The third kappa shape index (κ3) is 3.28. The van der Waals surface area contributed by atoms with E-state index in [0.29, 0.717) is 13.1 Å². The van der Waals surface area contributed by atoms with E-state index >= 15 is 0 Å². The zero-order valence-corrected chi connectivity index (χ0v) is 9.54. The van der Waals surface area contributed by atoms with E-state index in [1.807, 2.05) is 6.20 Å². The fourth-order valence-corrected chi connectivity index (χ4v) is 1.84. The van der Waals surface area contributed by atoms with Crippen LogP contribution in [0.3, 0.4) is 0 Å². The van der Waals surface area contributed by atoms with Crippen LogP contribution in [0.25, 0.3) is 0 Å². The Morgan fingerprint density at radius 1 is 1.65 bits per heavy atom. The van der Waals surface area contributed by atoms with E-state index in [1.165, 1.54) is 0 Å². The quantitative estimate of drug-likeness (QED) is 0.615. The van der Waals surface area contributed by atoms with Crippen LogP contribution >= 0.6 is 0 Å². The maximum atomic E-state index is 11.0. The van der Waals surface area contributed by atoms with Crippen molar-refractivity contribution >= 4 is 5.97 Å². The topological polar surface area (TPSA) is 87.4 Å². The molecule has 6 heteroatoms. The summed E-state index contributed by atoms with van der Waals surface area (Å²) in [5.41, 5.74) is 0.936. The molecule has 0 bridgehead atoms. The zero-order chi connectivity index (χ0) is 12.3. The van der Waals surface area contributed by atoms with Crippen molar-refractivity contribution in [2.45, 2.75) is 32.0 Å². The van der Waals surface area contributed by atoms with Crippen LogP contribution in [0.1, 0.15) is 18.4 Å². The minimum atomic E-state index is -0.782. The first kappa shape index (κ1) is 12.1. The molecule has 94 valence electrons. The van der Waals surface area contributed by atoms with Gasteiger partial charge in [-0.05, 0) is 18.8 Å². The van der Waals surface area contributed by atoms with Gasteiger partial charge in [0, 0.05) is 18.3 Å². The van der Waals surface area contributed by atoms with E-state index in [9.17, 15) is 4.79 Å². The first-order valence-corrected chi connectivity index (χ1v) is 5.79. The number of hydrogen-bond acceptors (Lipinski definition) is 4. The molecule has 0 aliphatic heterocycles. The molecule has 0 spiro atoms. The van der Waals surface area contributed by atoms with Gasteiger partial charge in [-0.15, -0.1) is 0 Å². The highest BCUT2D eigenvalue weighted by atomic mass is 16.4. The molecule has 1 fully saturated rings. The van der Waals surface area contributed by atoms with E-state index in [0.717, 1.165) is 18.4 Å². The van der Waals surface area contributed by atoms with Crippen LogP contribution in [0.15, 0.2) is 12.4 Å². The van der Waals surface area contributed by atoms with E-state index in [-0.39, 0.29) is 12.5 Å². The van der Waals surface area contributed by atoms with Crippen LogP contribution in [0.4, 0.5) is 0 Å². The summed E-state index contributed by atoms with van der Waals surface area (Å²) in [7, 11) is 0. The molecule has 1 aliphatic rings. The fraction of sp³-hybridized carbons (Fsp3) is 0.636. The lowest BCUT2D eigenvalue weighted by atomic mass is 10.2. The zero-order valence-electron chi connectivity index (χ0n) is 9.54. The van der Waals surface area contributed by atoms with Gasteiger partial charge >= 0.3 is 5.97 Å². The summed E-state index contributed by atoms with van der Waals surface area (Å²) >= 11 is 0. The van der Waals surface area contributed by atoms with Crippen LogP contribution in [0.2, 0.25) is 0 Å². The molecule has 1 aromatic heterocycles. The van der Waals surface area contributed by atoms with Crippen molar-refractivity contribution < 1.29 is 15.0 Å². The van der Waals surface area contributed by atoms with E-state index in [4.69, 9.17) is 10.2 Å². The molecule has 1 heterocycles. The Morgan fingerprint density at radius 2 is 2.41 bits per heavy atom. The minimum Gasteiger partial charge on any atom is -0.480 e. The smallest absolute Gasteiger partial charge is 0.320 e. The van der Waals surface area contributed by atoms with Crippen molar-refractivity contribution in [1.82, 2.24) is 15.1 Å². The molecule has 17 heavy (non-hydrogen) atoms. The summed E-state index contributed by atoms with van der Waals surface area (Å²) in [6.45, 7) is 1.01. The molecule has 2 rings (SSSR count). The second kappa shape index (κ2) is 5.29. The standard InChI is InChI=1S/C11H17N3O3/c15-4-3-14-7-8(6-13-14)5-12-10(11(16)17)9-1-2-9/h6-7,9-10,12,15H,1-5H2,(H,16,17). The van der Waals surface area contributed by atoms with Gasteiger partial charge in [0.25, 0.3) is 0 Å². The first-order chi connectivity index (χ1) is 8.20. The predicted octanol–water partition coefficient (Wildman–Crippen LogP) is -0.172. The summed E-state index contributed by atoms with van der Waals surface area (Å²) in [6.07, 6.45) is 5.49. The van der Waals surface area contributed by atoms with Gasteiger partial charge in [-0.2, -0.15) is 5.10 Å². The molecule has 0 radical (unpaired) electrons. The summed E-state index contributed by atoms with van der Waals surface area (Å²) in [5, 5.41) is 24.9. The van der Waals surface area contributed by atoms with Gasteiger partial charge in [0.2, 0.25) is 0 Å². The molecule has 1 saturated carbocycles. The van der Waals surface area contributed by atoms with Crippen molar-refractivity contribution in [3.05, 3.63) is 18.0 Å². The number of rotatable bonds is 7. The largest absolute Gasteiger partial charge is 0.480 e. The summed E-state index contributed by atoms with van der Waals surface area (Å²) in [5.74, 6) is -0.504. The predicted molar refractivity (Wildman–Crippen MR) is 60.3 cm³/mol. The van der Waals surface area contributed by atoms with E-state index in [2.05, 4.69) is 10.4 Å². The molecule has 0 saturated heterocycles. The van der Waals surface area contributed by atoms with Gasteiger partial charge in [-0.25, -0.2) is 0 Å². The Morgan fingerprint density at radius 3 is 3.00 bits per heavy atom. The highest BCUT2D eigenvalue weighted by Gasteiger charge is 2.35. The molecule has 1 aliphatic carbocycles. The highest BCUT2D eigenvalue weighted by molar-refractivity contribution is 5.74. The van der Waals surface area contributed by atoms with Crippen LogP contribution in [0.5, 0.6) is 0 Å². The van der Waals surface area contributed by atoms with Crippen molar-refractivity contribution in [2.75, 3.05) is 6.61 Å². The average Bonchev–Trinajstić information content (AvgIpc) is 3.01. The van der Waals surface area contributed by atoms with Crippen molar-refractivity contribution in [2.24, 2.45) is 5.92 Å². The van der Waals surface area contributed by atoms with E-state index < -0.39 is 12.0 Å². The van der Waals surface area contributed by atoms with E-state index in [1.54, 1.807) is 10.9 Å². The SMILES string of the molecule is O=C(O)C(NCc1cnn(CCO)c1)C1CC1. The maximum absolute atomic E-state index is 11.0. The number of carboxylic acids is 1. The fourth-order valence-electron chi connectivity index (χ4n) is 1.84. The normalized spacial score (nSPS) is 17.0. The number of carboxylic acid groups (broad SMARTS) is 1. The lowest BCUT2D eigenvalue weighted by Gasteiger charge is -2.12. The summed E-state index contributed by atoms with van der Waals surface area (Å²) in [6, 6.07) is -0.448. The molecule has 1 unspecified atom stereocenters. The monoisotopic (exact) mass is 239 g/mol. The number of carbonyl (C=O) groups is 1. The number of hydrogen-bond donors (Lipinski definition) is 3. The van der Waals surface area contributed by atoms with Gasteiger partial charge in [-0.3, -0.25) is 14.8 Å². The summed E-state index contributed by atoms with van der Waals surface area (Å²) in [4.78, 5) is 11.0. The second-order valence-electron chi connectivity index (χ2n) is 4.37. The van der Waals surface area contributed by atoms with Crippen LogP contribution in [-0.4, -0.2) is 38.6 Å². The highest BCUT2D eigenvalue weighted by Crippen LogP contribution is 2.32. The number of aliphatic hydroxyl groups is 1. The average molecular weight is 239 g/mol. The lowest BCUT2D eigenvalue weighted by Crippen LogP contribution is -2.37. The molecule has 0 amide bonds. The van der Waals surface area contributed by atoms with Crippen molar-refractivity contribution in [3.8, 4) is 0 Å². The Hall–Kier alpha value is -1.40. The van der Waals surface area contributed by atoms with Crippen molar-refractivity contribution in [3.63, 3.8) is 0 Å². The van der Waals surface area contributed by atoms with Crippen molar-refractivity contribution in [1.29, 1.82) is 0 Å². The van der Waals surface area contributed by atoms with Gasteiger partial charge in [0.15, 0.2) is 0 Å². The molecule has 1 atom stereocenters. The number of aliphatic carboxylic acids is 1. The van der Waals surface area contributed by atoms with Gasteiger partial charge in [-0.1, -0.05) is 0 Å². The third-order valence-electron chi connectivity index (χ3n) is 2.90. The van der Waals surface area contributed by atoms with Crippen LogP contribution in [-0.2, 0) is 17.9 Å². The molecule has 3 N–H and O–H groups in total. The molecule has 0 aromatic carbocycles. The Bertz CT molecular complexity index is 387. The van der Waals surface area contributed by atoms with Gasteiger partial charge < -0.3 is 10.2 Å². The third-order valence-corrected chi connectivity index (χ3v) is 2.90. The Kier molecular flexibility index (Phi) is 3.75. The summed E-state index contributed by atoms with van der Waals surface area (Å²) < 4.78 is 1.64.